The number of fused-ring (bicyclic) bond motifs is 6. The molecule has 0 heterocycles. The number of aromatic hydroxyl groups is 2. The summed E-state index contributed by atoms with van der Waals surface area (Å²) in [7, 11) is 11.6. The summed E-state index contributed by atoms with van der Waals surface area (Å²) in [6, 6.07) is 3.57. The number of aliphatic hydroxyl groups is 7. The molecule has 79 heavy (non-hydrogen) atoms. The number of hydrogen-bond acceptors (Lipinski definition) is 20. The molecule has 13 N–H and O–H groups in total. The van der Waals surface area contributed by atoms with Crippen molar-refractivity contribution in [3.63, 3.8) is 0 Å². The van der Waals surface area contributed by atoms with Gasteiger partial charge in [0.25, 0.3) is 11.8 Å². The average molecular weight is 1100 g/mol. The predicted octanol–water partition coefficient (Wildman–Crippen LogP) is 1.77. The largest absolute Gasteiger partial charge is 0.509 e. The van der Waals surface area contributed by atoms with Crippen molar-refractivity contribution < 1.29 is 74.7 Å². The lowest BCUT2D eigenvalue weighted by Gasteiger charge is -2.54. The zero-order chi connectivity index (χ0) is 58.9. The molecule has 6 aliphatic carbocycles. The molecule has 1 fully saturated rings. The highest BCUT2D eigenvalue weighted by Crippen LogP contribution is 2.57. The molecule has 0 radical (unpaired) electrons. The van der Waals surface area contributed by atoms with Gasteiger partial charge in [0.1, 0.15) is 34.2 Å². The fourth-order valence-electron chi connectivity index (χ4n) is 13.1. The normalized spacial score (nSPS) is 26.9. The van der Waals surface area contributed by atoms with E-state index in [0.29, 0.717) is 45.7 Å². The van der Waals surface area contributed by atoms with E-state index in [-0.39, 0.29) is 91.9 Å². The molecule has 8 rings (SSSR count). The van der Waals surface area contributed by atoms with Crippen molar-refractivity contribution in [2.45, 2.75) is 96.7 Å². The van der Waals surface area contributed by atoms with Crippen LogP contribution in [0.3, 0.4) is 0 Å². The molecule has 0 bridgehead atoms. The number of allylic oxidation sites excluding steroid dienone is 2. The van der Waals surface area contributed by atoms with Gasteiger partial charge in [-0.05, 0) is 98.3 Å². The molecule has 0 aliphatic heterocycles. The maximum Gasteiger partial charge on any atom is 0.258 e. The standard InChI is InChI=1S/C57H75N7O15/c1-53(2,3)22-59-20-27-16-35(62(8)9)32-14-26-18-36-56(78,47(71)37(26)44(68)38(32)42(27)66)49(73)40(50(74)57(36,79)63(10)11)52(76)60-23-54(4,5)24-64(12)21-28-17-34(61(6)7)30-13-25-15-33-43(67)45(69)39(51(58)75)48(72)55(33,77)46(70)29(25)19-31(30)41(28)65/h16-17,25-26,33,36,59,65-66,68-70,74,77-79H,13-15,18-24H2,1-12H3,(H2,58,75)(H,60,76)/t25-,26-,33-,36+,55-,56-,57+/m0/s1. The van der Waals surface area contributed by atoms with Crippen molar-refractivity contribution in [3.05, 3.63) is 85.1 Å². The number of primary amides is 1. The molecule has 0 aromatic heterocycles. The van der Waals surface area contributed by atoms with E-state index in [1.165, 1.54) is 14.1 Å². The van der Waals surface area contributed by atoms with Crippen LogP contribution in [0.4, 0.5) is 11.4 Å². The number of carbonyl (C=O) groups excluding carboxylic acids is 6. The number of nitrogens with two attached hydrogens (primary N) is 1. The van der Waals surface area contributed by atoms with E-state index in [2.05, 4.69) is 10.6 Å². The first-order valence-electron chi connectivity index (χ1n) is 26.3. The van der Waals surface area contributed by atoms with Crippen molar-refractivity contribution in [2.75, 3.05) is 78.8 Å². The van der Waals surface area contributed by atoms with E-state index >= 15 is 0 Å². The van der Waals surface area contributed by atoms with E-state index in [0.717, 1.165) is 4.90 Å². The van der Waals surface area contributed by atoms with Gasteiger partial charge in [-0.3, -0.25) is 33.7 Å². The van der Waals surface area contributed by atoms with Crippen molar-refractivity contribution in [2.24, 2.45) is 40.2 Å². The lowest BCUT2D eigenvalue weighted by atomic mass is 9.55. The van der Waals surface area contributed by atoms with Gasteiger partial charge >= 0.3 is 0 Å². The number of carbonyl (C=O) groups is 6. The lowest BCUT2D eigenvalue weighted by molar-refractivity contribution is -0.204. The Balaban J connectivity index is 1.04. The number of phenolic OH excluding ortho intramolecular Hbond substituents is 2. The zero-order valence-corrected chi connectivity index (χ0v) is 46.9. The van der Waals surface area contributed by atoms with Crippen molar-refractivity contribution >= 4 is 52.1 Å². The summed E-state index contributed by atoms with van der Waals surface area (Å²) in [5.41, 5.74) is -3.00. The van der Waals surface area contributed by atoms with Gasteiger partial charge < -0.3 is 77.0 Å². The summed E-state index contributed by atoms with van der Waals surface area (Å²) in [6.07, 6.45) is -0.416. The molecule has 1 saturated carbocycles. The summed E-state index contributed by atoms with van der Waals surface area (Å²) >= 11 is 0. The van der Waals surface area contributed by atoms with Crippen LogP contribution in [0.1, 0.15) is 80.8 Å². The van der Waals surface area contributed by atoms with Gasteiger partial charge in [0.2, 0.25) is 23.1 Å². The molecule has 428 valence electrons. The van der Waals surface area contributed by atoms with Gasteiger partial charge in [-0.25, -0.2) is 0 Å². The highest BCUT2D eigenvalue weighted by Gasteiger charge is 2.70. The third-order valence-corrected chi connectivity index (χ3v) is 17.0. The van der Waals surface area contributed by atoms with Gasteiger partial charge in [0.15, 0.2) is 28.4 Å². The number of likely N-dealkylation sites (N-methyl/N-ethyl adjacent to an activating group) is 1. The Morgan fingerprint density at radius 3 is 1.86 bits per heavy atom. The van der Waals surface area contributed by atoms with Crippen LogP contribution in [0.2, 0.25) is 0 Å². The predicted molar refractivity (Wildman–Crippen MR) is 290 cm³/mol. The number of nitrogens with one attached hydrogen (secondary N) is 2. The molecule has 0 spiro atoms. The summed E-state index contributed by atoms with van der Waals surface area (Å²) in [5.74, 6) is -17.0. The average Bonchev–Trinajstić information content (AvgIpc) is 2.54. The molecule has 0 unspecified atom stereocenters. The van der Waals surface area contributed by atoms with E-state index in [9.17, 15) is 74.7 Å². The first kappa shape index (κ1) is 58.3. The van der Waals surface area contributed by atoms with Crippen LogP contribution < -0.4 is 26.2 Å². The van der Waals surface area contributed by atoms with Crippen LogP contribution in [0.5, 0.6) is 11.5 Å². The minimum absolute atomic E-state index is 0.0368. The van der Waals surface area contributed by atoms with E-state index in [4.69, 9.17) is 5.73 Å². The molecule has 6 aliphatic rings. The number of Topliss-reactive ketones (excluding diaryl/α,β-unsaturated/α-hetero) is 4. The summed E-state index contributed by atoms with van der Waals surface area (Å²) in [5, 5.41) is 113. The molecule has 22 nitrogen and oxygen atoms in total. The molecule has 2 aromatic carbocycles. The zero-order valence-electron chi connectivity index (χ0n) is 46.9. The second kappa shape index (κ2) is 19.8. The molecule has 22 heteroatoms. The summed E-state index contributed by atoms with van der Waals surface area (Å²) in [6.45, 7) is 10.6. The van der Waals surface area contributed by atoms with E-state index in [1.807, 2.05) is 30.6 Å². The van der Waals surface area contributed by atoms with E-state index < -0.39 is 115 Å². The molecule has 7 atom stereocenters. The number of anilines is 2. The molecule has 2 amide bonds. The van der Waals surface area contributed by atoms with Crippen LogP contribution in [0, 0.1) is 34.5 Å². The Kier molecular flexibility index (Phi) is 14.6. The van der Waals surface area contributed by atoms with Gasteiger partial charge in [0.05, 0.1) is 17.4 Å². The van der Waals surface area contributed by atoms with Crippen LogP contribution in [-0.2, 0) is 61.1 Å². The highest BCUT2D eigenvalue weighted by atomic mass is 16.4. The Labute approximate surface area is 458 Å². The quantitative estimate of drug-likeness (QED) is 0.0729. The van der Waals surface area contributed by atoms with Crippen molar-refractivity contribution in [1.82, 2.24) is 20.4 Å². The number of nitrogens with zero attached hydrogens (tertiary/aromatic N) is 4. The summed E-state index contributed by atoms with van der Waals surface area (Å²) in [4.78, 5) is 89.5. The minimum Gasteiger partial charge on any atom is -0.509 e. The molecular formula is C57H75N7O15. The van der Waals surface area contributed by atoms with Crippen LogP contribution in [0.25, 0.3) is 5.76 Å². The third-order valence-electron chi connectivity index (χ3n) is 17.0. The molecular weight excluding hydrogens is 1020 g/mol. The molecule has 2 aromatic rings. The number of phenols is 2. The number of hydrogen-bond donors (Lipinski definition) is 12. The Hall–Kier alpha value is -6.82. The lowest BCUT2D eigenvalue weighted by Crippen LogP contribution is -2.72. The molecule has 0 saturated heterocycles. The fraction of sp³-hybridized carbons (Fsp3) is 0.544. The van der Waals surface area contributed by atoms with Crippen LogP contribution in [-0.4, -0.2) is 177 Å². The van der Waals surface area contributed by atoms with Crippen LogP contribution >= 0.6 is 0 Å². The number of rotatable bonds is 14. The second-order valence-electron chi connectivity index (χ2n) is 25.1. The fourth-order valence-corrected chi connectivity index (χ4v) is 13.1. The van der Waals surface area contributed by atoms with E-state index in [1.54, 1.807) is 66.1 Å². The van der Waals surface area contributed by atoms with Gasteiger partial charge in [-0.2, -0.15) is 0 Å². The maximum atomic E-state index is 14.9. The third kappa shape index (κ3) is 9.13. The first-order chi connectivity index (χ1) is 36.5. The monoisotopic (exact) mass is 1100 g/mol. The minimum atomic E-state index is -3.17. The number of amides is 2. The number of benzene rings is 2. The smallest absolute Gasteiger partial charge is 0.258 e. The number of aliphatic hydroxyl groups excluding tert-OH is 4. The van der Waals surface area contributed by atoms with Gasteiger partial charge in [-0.1, -0.05) is 34.6 Å². The van der Waals surface area contributed by atoms with Crippen molar-refractivity contribution in [3.8, 4) is 11.5 Å². The topological polar surface area (TPSA) is 348 Å². The Morgan fingerprint density at radius 1 is 0.696 bits per heavy atom. The maximum absolute atomic E-state index is 14.9. The van der Waals surface area contributed by atoms with Crippen LogP contribution in [0.15, 0.2) is 51.7 Å². The van der Waals surface area contributed by atoms with Gasteiger partial charge in [0, 0.05) is 101 Å². The Bertz CT molecular complexity index is 3160. The Morgan fingerprint density at radius 2 is 1.28 bits per heavy atom. The SMILES string of the molecule is CN(Cc1cc(N(C)C)c2c(c1O)CC1=C(O)[C@]3(O)C(=O)C(C(N)=O)=C(O)C(=O)[C@@H]3C[C@@H]1C2)CC(C)(C)CNC(=O)C1=C(O)[C@@](O)(N(C)C)[C@@H]2C[C@@H]3Cc4c(N(C)C)cc(CNCC(C)(C)C)c(O)c4C(O)=C3C(=O)[C@]2(O)C1=O. The number of ketones is 4. The van der Waals surface area contributed by atoms with Crippen molar-refractivity contribution in [1.29, 1.82) is 0 Å². The highest BCUT2D eigenvalue weighted by molar-refractivity contribution is 6.33. The van der Waals surface area contributed by atoms with Gasteiger partial charge in [-0.15, -0.1) is 0 Å². The first-order valence-corrected chi connectivity index (χ1v) is 26.3. The summed E-state index contributed by atoms with van der Waals surface area (Å²) < 4.78 is 0. The second-order valence-corrected chi connectivity index (χ2v) is 25.1.